The lowest BCUT2D eigenvalue weighted by molar-refractivity contribution is -0.384. The molecule has 7 nitrogen and oxygen atoms in total. The second-order valence-electron chi connectivity index (χ2n) is 6.49. The van der Waals surface area contributed by atoms with Crippen molar-refractivity contribution in [1.82, 2.24) is 9.80 Å². The molecule has 1 N–H and O–H groups in total. The van der Waals surface area contributed by atoms with Gasteiger partial charge in [0.25, 0.3) is 5.69 Å². The van der Waals surface area contributed by atoms with Gasteiger partial charge in [-0.1, -0.05) is 0 Å². The lowest BCUT2D eigenvalue weighted by atomic mass is 10.0. The second-order valence-corrected chi connectivity index (χ2v) is 6.49. The molecule has 0 aliphatic carbocycles. The largest absolute Gasteiger partial charge is 0.506 e. The quantitative estimate of drug-likeness (QED) is 0.672. The number of rotatable bonds is 3. The van der Waals surface area contributed by atoms with E-state index in [-0.39, 0.29) is 11.4 Å². The number of benzene rings is 1. The minimum atomic E-state index is -0.483. The van der Waals surface area contributed by atoms with Crippen LogP contribution in [0.2, 0.25) is 0 Å². The summed E-state index contributed by atoms with van der Waals surface area (Å²) < 4.78 is 0. The Morgan fingerprint density at radius 2 is 1.78 bits per heavy atom. The third-order valence-corrected chi connectivity index (χ3v) is 5.03. The fraction of sp³-hybridized carbons (Fsp3) is 0.625. The van der Waals surface area contributed by atoms with Crippen molar-refractivity contribution in [1.29, 1.82) is 0 Å². The van der Waals surface area contributed by atoms with Crippen molar-refractivity contribution < 1.29 is 10.0 Å². The second kappa shape index (κ2) is 6.72. The molecule has 2 saturated heterocycles. The smallest absolute Gasteiger partial charge is 0.273 e. The summed E-state index contributed by atoms with van der Waals surface area (Å²) in [5.74, 6) is -0.00255. The Labute approximate surface area is 136 Å². The molecule has 0 saturated carbocycles. The standard InChI is InChI=1S/C16H24N4O3/c1-17-8-10-18(11-9-17)13-4-6-19(7-5-13)15-3-2-14(20(22)23)12-16(15)21/h2-3,12-13,21H,4-11H2,1H3. The van der Waals surface area contributed by atoms with Gasteiger partial charge in [0, 0.05) is 51.4 Å². The highest BCUT2D eigenvalue weighted by Gasteiger charge is 2.27. The van der Waals surface area contributed by atoms with Crippen molar-refractivity contribution in [3.8, 4) is 5.75 Å². The molecule has 2 heterocycles. The molecular weight excluding hydrogens is 296 g/mol. The van der Waals surface area contributed by atoms with Gasteiger partial charge in [0.15, 0.2) is 0 Å². The number of nitro groups is 1. The Kier molecular flexibility index (Phi) is 4.68. The molecule has 0 unspecified atom stereocenters. The van der Waals surface area contributed by atoms with Crippen LogP contribution in [-0.4, -0.2) is 72.2 Å². The van der Waals surface area contributed by atoms with E-state index >= 15 is 0 Å². The maximum absolute atomic E-state index is 10.8. The lowest BCUT2D eigenvalue weighted by Crippen LogP contribution is -2.52. The van der Waals surface area contributed by atoms with Gasteiger partial charge in [-0.15, -0.1) is 0 Å². The van der Waals surface area contributed by atoms with E-state index < -0.39 is 4.92 Å². The Balaban J connectivity index is 1.59. The summed E-state index contributed by atoms with van der Waals surface area (Å²) in [6, 6.07) is 4.97. The molecule has 7 heteroatoms. The molecule has 23 heavy (non-hydrogen) atoms. The van der Waals surface area contributed by atoms with Crippen LogP contribution < -0.4 is 4.90 Å². The van der Waals surface area contributed by atoms with Gasteiger partial charge in [-0.25, -0.2) is 0 Å². The lowest BCUT2D eigenvalue weighted by Gasteiger charge is -2.42. The van der Waals surface area contributed by atoms with Crippen molar-refractivity contribution in [2.45, 2.75) is 18.9 Å². The van der Waals surface area contributed by atoms with Crippen LogP contribution in [0.15, 0.2) is 18.2 Å². The molecule has 0 aromatic heterocycles. The first kappa shape index (κ1) is 16.0. The van der Waals surface area contributed by atoms with Crippen LogP contribution in [0.4, 0.5) is 11.4 Å². The predicted octanol–water partition coefficient (Wildman–Crippen LogP) is 1.52. The number of likely N-dealkylation sites (N-methyl/N-ethyl adjacent to an activating group) is 1. The number of hydrogen-bond acceptors (Lipinski definition) is 6. The molecule has 2 aliphatic heterocycles. The Morgan fingerprint density at radius 1 is 1.13 bits per heavy atom. The van der Waals surface area contributed by atoms with Gasteiger partial charge < -0.3 is 14.9 Å². The third-order valence-electron chi connectivity index (χ3n) is 5.03. The van der Waals surface area contributed by atoms with Crippen molar-refractivity contribution in [3.63, 3.8) is 0 Å². The Bertz CT molecular complexity index is 564. The van der Waals surface area contributed by atoms with E-state index in [2.05, 4.69) is 21.7 Å². The zero-order chi connectivity index (χ0) is 16.4. The minimum Gasteiger partial charge on any atom is -0.506 e. The van der Waals surface area contributed by atoms with E-state index in [1.165, 1.54) is 12.1 Å². The van der Waals surface area contributed by atoms with E-state index in [1.807, 2.05) is 0 Å². The highest BCUT2D eigenvalue weighted by Crippen LogP contribution is 2.33. The molecule has 2 aliphatic rings. The van der Waals surface area contributed by atoms with Crippen LogP contribution in [0.5, 0.6) is 5.75 Å². The first-order valence-corrected chi connectivity index (χ1v) is 8.19. The summed E-state index contributed by atoms with van der Waals surface area (Å²) in [7, 11) is 2.16. The van der Waals surface area contributed by atoms with E-state index in [9.17, 15) is 15.2 Å². The van der Waals surface area contributed by atoms with E-state index in [0.717, 1.165) is 52.1 Å². The van der Waals surface area contributed by atoms with Crippen LogP contribution in [0.3, 0.4) is 0 Å². The summed E-state index contributed by atoms with van der Waals surface area (Å²) >= 11 is 0. The Morgan fingerprint density at radius 3 is 2.35 bits per heavy atom. The molecular formula is C16H24N4O3. The first-order chi connectivity index (χ1) is 11.0. The molecule has 0 spiro atoms. The summed E-state index contributed by atoms with van der Waals surface area (Å²) in [5, 5.41) is 20.8. The highest BCUT2D eigenvalue weighted by molar-refractivity contribution is 5.61. The zero-order valence-corrected chi connectivity index (χ0v) is 13.5. The van der Waals surface area contributed by atoms with Gasteiger partial charge in [-0.05, 0) is 26.0 Å². The van der Waals surface area contributed by atoms with E-state index in [1.54, 1.807) is 6.07 Å². The van der Waals surface area contributed by atoms with E-state index in [0.29, 0.717) is 11.7 Å². The normalized spacial score (nSPS) is 21.5. The molecule has 0 amide bonds. The summed E-state index contributed by atoms with van der Waals surface area (Å²) in [6.45, 7) is 6.27. The topological polar surface area (TPSA) is 73.1 Å². The molecule has 0 atom stereocenters. The summed E-state index contributed by atoms with van der Waals surface area (Å²) in [5.41, 5.74) is 0.631. The number of piperazine rings is 1. The number of phenols is 1. The number of phenolic OH excluding ortho intramolecular Hbond substituents is 1. The number of nitro benzene ring substituents is 1. The van der Waals surface area contributed by atoms with Gasteiger partial charge in [0.1, 0.15) is 5.75 Å². The van der Waals surface area contributed by atoms with Crippen LogP contribution in [0.1, 0.15) is 12.8 Å². The van der Waals surface area contributed by atoms with Crippen LogP contribution in [0, 0.1) is 10.1 Å². The number of hydrogen-bond donors (Lipinski definition) is 1. The Hall–Kier alpha value is -1.86. The van der Waals surface area contributed by atoms with Gasteiger partial charge >= 0.3 is 0 Å². The number of anilines is 1. The number of non-ortho nitro benzene ring substituents is 1. The molecule has 2 fully saturated rings. The van der Waals surface area contributed by atoms with Crippen molar-refractivity contribution in [2.24, 2.45) is 0 Å². The third kappa shape index (κ3) is 3.56. The van der Waals surface area contributed by atoms with Gasteiger partial charge in [0.2, 0.25) is 0 Å². The summed E-state index contributed by atoms with van der Waals surface area (Å²) in [6.07, 6.45) is 2.14. The molecule has 0 radical (unpaired) electrons. The summed E-state index contributed by atoms with van der Waals surface area (Å²) in [4.78, 5) is 17.3. The maximum atomic E-state index is 10.8. The van der Waals surface area contributed by atoms with E-state index in [4.69, 9.17) is 0 Å². The average Bonchev–Trinajstić information content (AvgIpc) is 2.56. The highest BCUT2D eigenvalue weighted by atomic mass is 16.6. The van der Waals surface area contributed by atoms with Gasteiger partial charge in [-0.2, -0.15) is 0 Å². The SMILES string of the molecule is CN1CCN(C2CCN(c3ccc([N+](=O)[O-])cc3O)CC2)CC1. The van der Waals surface area contributed by atoms with Gasteiger partial charge in [0.05, 0.1) is 16.7 Å². The minimum absolute atomic E-state index is 0.00255. The molecule has 126 valence electrons. The fourth-order valence-corrected chi connectivity index (χ4v) is 3.55. The van der Waals surface area contributed by atoms with Crippen molar-refractivity contribution in [3.05, 3.63) is 28.3 Å². The predicted molar refractivity (Wildman–Crippen MR) is 89.1 cm³/mol. The van der Waals surface area contributed by atoms with Gasteiger partial charge in [-0.3, -0.25) is 15.0 Å². The van der Waals surface area contributed by atoms with Crippen LogP contribution in [0.25, 0.3) is 0 Å². The first-order valence-electron chi connectivity index (χ1n) is 8.19. The van der Waals surface area contributed by atoms with Crippen LogP contribution in [-0.2, 0) is 0 Å². The number of aromatic hydroxyl groups is 1. The fourth-order valence-electron chi connectivity index (χ4n) is 3.55. The number of piperidine rings is 1. The average molecular weight is 320 g/mol. The zero-order valence-electron chi connectivity index (χ0n) is 13.5. The number of nitrogens with zero attached hydrogens (tertiary/aromatic N) is 4. The molecule has 1 aromatic carbocycles. The maximum Gasteiger partial charge on any atom is 0.273 e. The molecule has 3 rings (SSSR count). The van der Waals surface area contributed by atoms with Crippen molar-refractivity contribution >= 4 is 11.4 Å². The van der Waals surface area contributed by atoms with Crippen molar-refractivity contribution in [2.75, 3.05) is 51.2 Å². The molecule has 1 aromatic rings. The van der Waals surface area contributed by atoms with Crippen LogP contribution >= 0.6 is 0 Å². The molecule has 0 bridgehead atoms. The monoisotopic (exact) mass is 320 g/mol.